The molecule has 0 saturated heterocycles. The van der Waals surface area contributed by atoms with Crippen molar-refractivity contribution >= 4 is 0 Å². The highest BCUT2D eigenvalue weighted by Gasteiger charge is 2.51. The van der Waals surface area contributed by atoms with Crippen LogP contribution in [0.1, 0.15) is 39.0 Å². The average Bonchev–Trinajstić information content (AvgIpc) is 2.78. The smallest absolute Gasteiger partial charge is 0.0172 e. The summed E-state index contributed by atoms with van der Waals surface area (Å²) in [5.41, 5.74) is 1.60. The van der Waals surface area contributed by atoms with Gasteiger partial charge in [-0.2, -0.15) is 0 Å². The minimum absolute atomic E-state index is 0.924. The molecule has 0 bridgehead atoms. The Bertz CT molecular complexity index is 240. The van der Waals surface area contributed by atoms with Crippen LogP contribution in [-0.4, -0.2) is 0 Å². The number of hydrogen-bond donors (Lipinski definition) is 0. The predicted octanol–water partition coefficient (Wildman–Crippen LogP) is 3.63. The first kappa shape index (κ1) is 8.08. The molecule has 5 atom stereocenters. The van der Waals surface area contributed by atoms with Gasteiger partial charge in [-0.05, 0) is 61.7 Å². The van der Waals surface area contributed by atoms with Crippen molar-refractivity contribution in [3.8, 4) is 0 Å². The summed E-state index contributed by atoms with van der Waals surface area (Å²) in [5, 5.41) is 0. The third-order valence-corrected chi connectivity index (χ3v) is 4.89. The van der Waals surface area contributed by atoms with E-state index in [1.807, 2.05) is 0 Å². The average molecular weight is 176 g/mol. The van der Waals surface area contributed by atoms with Gasteiger partial charge in [0.25, 0.3) is 0 Å². The van der Waals surface area contributed by atoms with E-state index >= 15 is 0 Å². The van der Waals surface area contributed by atoms with Gasteiger partial charge in [-0.15, -0.1) is 0 Å². The van der Waals surface area contributed by atoms with Crippen molar-refractivity contribution < 1.29 is 0 Å². The Labute approximate surface area is 81.4 Å². The number of fused-ring (bicyclic) bond motifs is 3. The molecule has 0 amide bonds. The molecule has 72 valence electrons. The van der Waals surface area contributed by atoms with Gasteiger partial charge in [-0.25, -0.2) is 0 Å². The van der Waals surface area contributed by atoms with Gasteiger partial charge in [-0.1, -0.05) is 19.1 Å². The van der Waals surface area contributed by atoms with Crippen molar-refractivity contribution in [2.24, 2.45) is 29.6 Å². The van der Waals surface area contributed by atoms with Gasteiger partial charge in [0.15, 0.2) is 0 Å². The van der Waals surface area contributed by atoms with Crippen molar-refractivity contribution in [1.82, 2.24) is 0 Å². The van der Waals surface area contributed by atoms with Crippen molar-refractivity contribution in [3.05, 3.63) is 12.2 Å². The minimum Gasteiger partial charge on any atom is -0.0996 e. The van der Waals surface area contributed by atoms with E-state index in [-0.39, 0.29) is 0 Å². The van der Waals surface area contributed by atoms with Gasteiger partial charge in [0, 0.05) is 0 Å². The van der Waals surface area contributed by atoms with Crippen LogP contribution < -0.4 is 0 Å². The Kier molecular flexibility index (Phi) is 1.63. The summed E-state index contributed by atoms with van der Waals surface area (Å²) in [6.45, 7) is 6.78. The molecule has 3 rings (SSSR count). The first-order valence-corrected chi connectivity index (χ1v) is 5.95. The first-order chi connectivity index (χ1) is 6.27. The maximum absolute atomic E-state index is 4.31. The Hall–Kier alpha value is -0.260. The fourth-order valence-electron chi connectivity index (χ4n) is 4.05. The zero-order valence-corrected chi connectivity index (χ0v) is 8.63. The van der Waals surface area contributed by atoms with Crippen LogP contribution in [0.15, 0.2) is 12.2 Å². The first-order valence-electron chi connectivity index (χ1n) is 5.95. The van der Waals surface area contributed by atoms with Crippen molar-refractivity contribution in [1.29, 1.82) is 0 Å². The van der Waals surface area contributed by atoms with E-state index in [1.165, 1.54) is 25.7 Å². The van der Waals surface area contributed by atoms with E-state index in [2.05, 4.69) is 13.5 Å². The van der Waals surface area contributed by atoms with Crippen LogP contribution in [0, 0.1) is 29.6 Å². The molecular formula is C13H20. The van der Waals surface area contributed by atoms with E-state index in [0.29, 0.717) is 0 Å². The van der Waals surface area contributed by atoms with Gasteiger partial charge in [0.05, 0.1) is 0 Å². The predicted molar refractivity (Wildman–Crippen MR) is 55.3 cm³/mol. The Morgan fingerprint density at radius 3 is 2.92 bits per heavy atom. The lowest BCUT2D eigenvalue weighted by Gasteiger charge is -2.22. The second-order valence-corrected chi connectivity index (χ2v) is 5.60. The fourth-order valence-corrected chi connectivity index (χ4v) is 4.05. The highest BCUT2D eigenvalue weighted by atomic mass is 14.6. The summed E-state index contributed by atoms with van der Waals surface area (Å²) < 4.78 is 0. The standard InChI is InChI=1S/C13H20/c1-8-3-5-10-7-12(10)13-9(2)4-6-11(8)13/h9-13H,1,3-7H2,2H3. The molecule has 0 N–H and O–H groups in total. The summed E-state index contributed by atoms with van der Waals surface area (Å²) in [6.07, 6.45) is 7.28. The van der Waals surface area contributed by atoms with E-state index < -0.39 is 0 Å². The Morgan fingerprint density at radius 1 is 1.23 bits per heavy atom. The summed E-state index contributed by atoms with van der Waals surface area (Å²) in [4.78, 5) is 0. The van der Waals surface area contributed by atoms with E-state index in [1.54, 1.807) is 12.0 Å². The van der Waals surface area contributed by atoms with Crippen LogP contribution in [0.5, 0.6) is 0 Å². The Balaban J connectivity index is 1.89. The SMILES string of the molecule is C=C1CCC2CC2C2C(C)CCC12. The zero-order valence-electron chi connectivity index (χ0n) is 8.63. The van der Waals surface area contributed by atoms with Gasteiger partial charge in [0.2, 0.25) is 0 Å². The highest BCUT2D eigenvalue weighted by Crippen LogP contribution is 2.60. The van der Waals surface area contributed by atoms with Gasteiger partial charge >= 0.3 is 0 Å². The van der Waals surface area contributed by atoms with Crippen LogP contribution >= 0.6 is 0 Å². The number of allylic oxidation sites excluding steroid dienone is 1. The fraction of sp³-hybridized carbons (Fsp3) is 0.846. The molecule has 3 aliphatic carbocycles. The Morgan fingerprint density at radius 2 is 2.08 bits per heavy atom. The molecule has 0 spiro atoms. The number of hydrogen-bond acceptors (Lipinski definition) is 0. The molecule has 13 heavy (non-hydrogen) atoms. The molecule has 3 saturated carbocycles. The van der Waals surface area contributed by atoms with Crippen molar-refractivity contribution in [2.45, 2.75) is 39.0 Å². The maximum atomic E-state index is 4.31. The molecule has 0 radical (unpaired) electrons. The molecule has 5 unspecified atom stereocenters. The summed E-state index contributed by atoms with van der Waals surface area (Å²) in [7, 11) is 0. The topological polar surface area (TPSA) is 0 Å². The molecule has 3 aliphatic rings. The molecule has 3 fully saturated rings. The van der Waals surface area contributed by atoms with E-state index in [0.717, 1.165) is 29.6 Å². The largest absolute Gasteiger partial charge is 0.0996 e. The van der Waals surface area contributed by atoms with Crippen LogP contribution in [0.2, 0.25) is 0 Å². The lowest BCUT2D eigenvalue weighted by Crippen LogP contribution is -2.16. The molecule has 0 heterocycles. The quantitative estimate of drug-likeness (QED) is 0.494. The highest BCUT2D eigenvalue weighted by molar-refractivity contribution is 5.14. The van der Waals surface area contributed by atoms with Crippen LogP contribution in [0.4, 0.5) is 0 Å². The van der Waals surface area contributed by atoms with Crippen molar-refractivity contribution in [3.63, 3.8) is 0 Å². The van der Waals surface area contributed by atoms with Crippen LogP contribution in [0.3, 0.4) is 0 Å². The lowest BCUT2D eigenvalue weighted by molar-refractivity contribution is 0.311. The maximum Gasteiger partial charge on any atom is -0.0172 e. The van der Waals surface area contributed by atoms with Crippen LogP contribution in [0.25, 0.3) is 0 Å². The molecule has 0 aromatic carbocycles. The summed E-state index contributed by atoms with van der Waals surface area (Å²) >= 11 is 0. The second-order valence-electron chi connectivity index (χ2n) is 5.60. The van der Waals surface area contributed by atoms with Crippen LogP contribution in [-0.2, 0) is 0 Å². The van der Waals surface area contributed by atoms with E-state index in [9.17, 15) is 0 Å². The molecule has 0 nitrogen and oxygen atoms in total. The lowest BCUT2D eigenvalue weighted by atomic mass is 9.83. The monoisotopic (exact) mass is 176 g/mol. The third kappa shape index (κ3) is 1.11. The molecule has 0 aliphatic heterocycles. The van der Waals surface area contributed by atoms with Gasteiger partial charge in [0.1, 0.15) is 0 Å². The normalized spacial score (nSPS) is 53.9. The number of rotatable bonds is 0. The molecule has 0 heteroatoms. The summed E-state index contributed by atoms with van der Waals surface area (Å²) in [6, 6.07) is 0. The second kappa shape index (κ2) is 2.62. The third-order valence-electron chi connectivity index (χ3n) is 4.89. The molecule has 0 aromatic rings. The molecule has 0 aromatic heterocycles. The molecular weight excluding hydrogens is 156 g/mol. The van der Waals surface area contributed by atoms with E-state index in [4.69, 9.17) is 0 Å². The summed E-state index contributed by atoms with van der Waals surface area (Å²) in [5.74, 6) is 5.18. The zero-order chi connectivity index (χ0) is 9.00. The van der Waals surface area contributed by atoms with Crippen molar-refractivity contribution in [2.75, 3.05) is 0 Å². The van der Waals surface area contributed by atoms with Gasteiger partial charge < -0.3 is 0 Å². The van der Waals surface area contributed by atoms with Gasteiger partial charge in [-0.3, -0.25) is 0 Å². The minimum atomic E-state index is 0.924.